The molecule has 0 atom stereocenters. The number of amides is 1. The van der Waals surface area contributed by atoms with E-state index in [0.29, 0.717) is 11.6 Å². The topological polar surface area (TPSA) is 42.0 Å². The first kappa shape index (κ1) is 12.7. The van der Waals surface area contributed by atoms with Gasteiger partial charge in [-0.3, -0.25) is 4.79 Å². The molecule has 1 aromatic carbocycles. The van der Waals surface area contributed by atoms with Crippen LogP contribution < -0.4 is 5.32 Å². The number of rotatable bonds is 4. The predicted molar refractivity (Wildman–Crippen MR) is 71.0 cm³/mol. The first-order chi connectivity index (χ1) is 8.69. The second-order valence-electron chi connectivity index (χ2n) is 3.84. The van der Waals surface area contributed by atoms with Crippen molar-refractivity contribution in [1.29, 1.82) is 0 Å². The maximum absolute atomic E-state index is 12.8. The van der Waals surface area contributed by atoms with Crippen molar-refractivity contribution in [2.24, 2.45) is 0 Å². The Kier molecular flexibility index (Phi) is 4.04. The van der Waals surface area contributed by atoms with Crippen LogP contribution in [0.2, 0.25) is 0 Å². The molecule has 18 heavy (non-hydrogen) atoms. The van der Waals surface area contributed by atoms with Crippen molar-refractivity contribution in [3.05, 3.63) is 35.5 Å². The van der Waals surface area contributed by atoms with E-state index < -0.39 is 0 Å². The van der Waals surface area contributed by atoms with Crippen molar-refractivity contribution >= 4 is 22.4 Å². The summed E-state index contributed by atoms with van der Waals surface area (Å²) in [5, 5.41) is 5.16. The zero-order chi connectivity index (χ0) is 13.0. The molecule has 1 aromatic heterocycles. The summed E-state index contributed by atoms with van der Waals surface area (Å²) < 4.78 is 12.8. The molecule has 0 saturated heterocycles. The lowest BCUT2D eigenvalue weighted by molar-refractivity contribution is -0.116. The van der Waals surface area contributed by atoms with Crippen LogP contribution in [0.5, 0.6) is 0 Å². The molecule has 1 amide bonds. The average molecular weight is 264 g/mol. The Morgan fingerprint density at radius 2 is 2.11 bits per heavy atom. The lowest BCUT2D eigenvalue weighted by Crippen LogP contribution is -2.10. The van der Waals surface area contributed by atoms with Gasteiger partial charge >= 0.3 is 0 Å². The molecular formula is C13H13FN2OS. The van der Waals surface area contributed by atoms with E-state index in [4.69, 9.17) is 0 Å². The van der Waals surface area contributed by atoms with E-state index in [9.17, 15) is 9.18 Å². The van der Waals surface area contributed by atoms with Crippen LogP contribution in [0.4, 0.5) is 9.52 Å². The summed E-state index contributed by atoms with van der Waals surface area (Å²) in [7, 11) is 0. The summed E-state index contributed by atoms with van der Waals surface area (Å²) >= 11 is 1.37. The zero-order valence-electron chi connectivity index (χ0n) is 9.94. The van der Waals surface area contributed by atoms with Gasteiger partial charge in [-0.2, -0.15) is 0 Å². The van der Waals surface area contributed by atoms with Crippen LogP contribution in [0.25, 0.3) is 11.3 Å². The number of halogens is 1. The SMILES string of the molecule is CCCC(=O)Nc1nc(-c2ccc(F)cc2)cs1. The number of benzene rings is 1. The maximum Gasteiger partial charge on any atom is 0.226 e. The fraction of sp³-hybridized carbons (Fsp3) is 0.231. The molecule has 0 aliphatic rings. The predicted octanol–water partition coefficient (Wildman–Crippen LogP) is 3.69. The quantitative estimate of drug-likeness (QED) is 0.915. The van der Waals surface area contributed by atoms with E-state index in [1.54, 1.807) is 12.1 Å². The van der Waals surface area contributed by atoms with Crippen LogP contribution >= 0.6 is 11.3 Å². The highest BCUT2D eigenvalue weighted by atomic mass is 32.1. The molecule has 0 radical (unpaired) electrons. The van der Waals surface area contributed by atoms with Crippen molar-refractivity contribution < 1.29 is 9.18 Å². The van der Waals surface area contributed by atoms with Gasteiger partial charge in [0.25, 0.3) is 0 Å². The Bertz CT molecular complexity index is 536. The molecule has 0 bridgehead atoms. The van der Waals surface area contributed by atoms with Gasteiger partial charge in [0, 0.05) is 17.4 Å². The summed E-state index contributed by atoms with van der Waals surface area (Å²) in [6, 6.07) is 6.12. The summed E-state index contributed by atoms with van der Waals surface area (Å²) in [4.78, 5) is 15.7. The van der Waals surface area contributed by atoms with Crippen LogP contribution in [0.3, 0.4) is 0 Å². The van der Waals surface area contributed by atoms with E-state index in [0.717, 1.165) is 17.7 Å². The average Bonchev–Trinajstić information content (AvgIpc) is 2.78. The number of thiazole rings is 1. The van der Waals surface area contributed by atoms with E-state index in [2.05, 4.69) is 10.3 Å². The van der Waals surface area contributed by atoms with Gasteiger partial charge in [-0.1, -0.05) is 6.92 Å². The summed E-state index contributed by atoms with van der Waals surface area (Å²) in [6.07, 6.45) is 1.30. The molecule has 0 fully saturated rings. The molecule has 2 aromatic rings. The highest BCUT2D eigenvalue weighted by molar-refractivity contribution is 7.14. The fourth-order valence-electron chi connectivity index (χ4n) is 1.49. The van der Waals surface area contributed by atoms with Crippen LogP contribution in [0.15, 0.2) is 29.6 Å². The Labute approximate surface area is 109 Å². The van der Waals surface area contributed by atoms with Crippen LogP contribution in [-0.4, -0.2) is 10.9 Å². The second kappa shape index (κ2) is 5.73. The highest BCUT2D eigenvalue weighted by Gasteiger charge is 2.07. The van der Waals surface area contributed by atoms with Gasteiger partial charge in [0.05, 0.1) is 5.69 Å². The Hall–Kier alpha value is -1.75. The van der Waals surface area contributed by atoms with E-state index in [1.807, 2.05) is 12.3 Å². The minimum Gasteiger partial charge on any atom is -0.302 e. The lowest BCUT2D eigenvalue weighted by Gasteiger charge is -1.99. The van der Waals surface area contributed by atoms with Gasteiger partial charge < -0.3 is 5.32 Å². The van der Waals surface area contributed by atoms with Gasteiger partial charge in [-0.05, 0) is 30.7 Å². The van der Waals surface area contributed by atoms with Crippen molar-refractivity contribution in [3.63, 3.8) is 0 Å². The number of carbonyl (C=O) groups excluding carboxylic acids is 1. The van der Waals surface area contributed by atoms with E-state index >= 15 is 0 Å². The number of carbonyl (C=O) groups is 1. The summed E-state index contributed by atoms with van der Waals surface area (Å²) in [5.41, 5.74) is 1.58. The van der Waals surface area contributed by atoms with Crippen LogP contribution in [0, 0.1) is 5.82 Å². The molecule has 5 heteroatoms. The standard InChI is InChI=1S/C13H13FN2OS/c1-2-3-12(17)16-13-15-11(8-18-13)9-4-6-10(14)7-5-9/h4-8H,2-3H2,1H3,(H,15,16,17). The van der Waals surface area contributed by atoms with Crippen molar-refractivity contribution in [3.8, 4) is 11.3 Å². The molecule has 0 aliphatic carbocycles. The van der Waals surface area contributed by atoms with E-state index in [-0.39, 0.29) is 11.7 Å². The van der Waals surface area contributed by atoms with Gasteiger partial charge in [0.15, 0.2) is 5.13 Å². The third kappa shape index (κ3) is 3.13. The normalized spacial score (nSPS) is 10.3. The molecule has 2 rings (SSSR count). The van der Waals surface area contributed by atoms with Gasteiger partial charge in [0.1, 0.15) is 5.82 Å². The third-order valence-corrected chi connectivity index (χ3v) is 3.13. The zero-order valence-corrected chi connectivity index (χ0v) is 10.8. The maximum atomic E-state index is 12.8. The van der Waals surface area contributed by atoms with Gasteiger partial charge in [-0.15, -0.1) is 11.3 Å². The largest absolute Gasteiger partial charge is 0.302 e. The number of nitrogens with one attached hydrogen (secondary N) is 1. The first-order valence-corrected chi connectivity index (χ1v) is 6.58. The van der Waals surface area contributed by atoms with Crippen LogP contribution in [-0.2, 0) is 4.79 Å². The number of hydrogen-bond acceptors (Lipinski definition) is 3. The molecule has 0 unspecified atom stereocenters. The smallest absolute Gasteiger partial charge is 0.226 e. The van der Waals surface area contributed by atoms with Crippen LogP contribution in [0.1, 0.15) is 19.8 Å². The molecule has 1 heterocycles. The minimum atomic E-state index is -0.273. The summed E-state index contributed by atoms with van der Waals surface area (Å²) in [6.45, 7) is 1.95. The fourth-order valence-corrected chi connectivity index (χ4v) is 2.23. The molecular weight excluding hydrogens is 251 g/mol. The Morgan fingerprint density at radius 1 is 1.39 bits per heavy atom. The summed E-state index contributed by atoms with van der Waals surface area (Å²) in [5.74, 6) is -0.303. The first-order valence-electron chi connectivity index (χ1n) is 5.70. The highest BCUT2D eigenvalue weighted by Crippen LogP contribution is 2.25. The molecule has 0 aliphatic heterocycles. The lowest BCUT2D eigenvalue weighted by atomic mass is 10.2. The second-order valence-corrected chi connectivity index (χ2v) is 4.70. The Balaban J connectivity index is 2.10. The molecule has 94 valence electrons. The Morgan fingerprint density at radius 3 is 2.78 bits per heavy atom. The third-order valence-electron chi connectivity index (χ3n) is 2.37. The van der Waals surface area contributed by atoms with E-state index in [1.165, 1.54) is 23.5 Å². The number of hydrogen-bond donors (Lipinski definition) is 1. The molecule has 1 N–H and O–H groups in total. The number of aromatic nitrogens is 1. The van der Waals surface area contributed by atoms with Gasteiger partial charge in [-0.25, -0.2) is 9.37 Å². The number of anilines is 1. The molecule has 0 saturated carbocycles. The van der Waals surface area contributed by atoms with Crippen molar-refractivity contribution in [2.75, 3.05) is 5.32 Å². The monoisotopic (exact) mass is 264 g/mol. The van der Waals surface area contributed by atoms with Gasteiger partial charge in [0.2, 0.25) is 5.91 Å². The minimum absolute atomic E-state index is 0.0301. The number of nitrogens with zero attached hydrogens (tertiary/aromatic N) is 1. The molecule has 3 nitrogen and oxygen atoms in total. The molecule has 0 spiro atoms. The van der Waals surface area contributed by atoms with Crippen molar-refractivity contribution in [2.45, 2.75) is 19.8 Å². The van der Waals surface area contributed by atoms with Crippen molar-refractivity contribution in [1.82, 2.24) is 4.98 Å².